The fraction of sp³-hybridized carbons (Fsp3) is 0.429. The highest BCUT2D eigenvalue weighted by atomic mass is 35.5. The van der Waals surface area contributed by atoms with Crippen LogP contribution in [0.4, 0.5) is 0 Å². The molecule has 0 saturated heterocycles. The van der Waals surface area contributed by atoms with E-state index in [0.29, 0.717) is 11.2 Å². The first kappa shape index (κ1) is 13.1. The van der Waals surface area contributed by atoms with Crippen LogP contribution in [0.3, 0.4) is 0 Å². The van der Waals surface area contributed by atoms with Crippen LogP contribution in [0.1, 0.15) is 38.6 Å². The van der Waals surface area contributed by atoms with E-state index in [0.717, 1.165) is 18.4 Å². The molecular weight excluding hydrogens is 248 g/mol. The van der Waals surface area contributed by atoms with E-state index in [1.54, 1.807) is 4.57 Å². The van der Waals surface area contributed by atoms with Crippen molar-refractivity contribution in [2.75, 3.05) is 0 Å². The Hall–Kier alpha value is -1.35. The number of alkyl halides is 1. The molecule has 1 aromatic heterocycles. The first-order valence-electron chi connectivity index (χ1n) is 6.25. The highest BCUT2D eigenvalue weighted by Gasteiger charge is 2.14. The zero-order valence-electron chi connectivity index (χ0n) is 10.7. The molecule has 0 amide bonds. The van der Waals surface area contributed by atoms with Gasteiger partial charge in [0.1, 0.15) is 5.82 Å². The Balaban J connectivity index is 2.70. The summed E-state index contributed by atoms with van der Waals surface area (Å²) in [6, 6.07) is 7.54. The lowest BCUT2D eigenvalue weighted by molar-refractivity contribution is 0.470. The number of hydrogen-bond donors (Lipinski definition) is 0. The maximum atomic E-state index is 12.5. The first-order chi connectivity index (χ1) is 8.69. The van der Waals surface area contributed by atoms with Crippen molar-refractivity contribution in [3.63, 3.8) is 0 Å². The molecule has 0 saturated carbocycles. The van der Waals surface area contributed by atoms with Crippen molar-refractivity contribution in [3.8, 4) is 0 Å². The van der Waals surface area contributed by atoms with Crippen molar-refractivity contribution in [2.45, 2.75) is 38.6 Å². The van der Waals surface area contributed by atoms with Gasteiger partial charge in [-0.2, -0.15) is 0 Å². The molecule has 0 fully saturated rings. The van der Waals surface area contributed by atoms with Crippen molar-refractivity contribution < 1.29 is 0 Å². The zero-order valence-corrected chi connectivity index (χ0v) is 11.4. The lowest BCUT2D eigenvalue weighted by atomic mass is 10.1. The second kappa shape index (κ2) is 5.53. The van der Waals surface area contributed by atoms with Crippen molar-refractivity contribution in [1.29, 1.82) is 0 Å². The van der Waals surface area contributed by atoms with Crippen LogP contribution in [-0.2, 0) is 5.88 Å². The Labute approximate surface area is 111 Å². The van der Waals surface area contributed by atoms with Gasteiger partial charge < -0.3 is 0 Å². The Bertz CT molecular complexity index is 606. The topological polar surface area (TPSA) is 34.9 Å². The summed E-state index contributed by atoms with van der Waals surface area (Å²) in [4.78, 5) is 17.0. The predicted molar refractivity (Wildman–Crippen MR) is 75.2 cm³/mol. The fourth-order valence-electron chi connectivity index (χ4n) is 2.29. The average Bonchev–Trinajstić information content (AvgIpc) is 2.38. The molecule has 0 aliphatic rings. The summed E-state index contributed by atoms with van der Waals surface area (Å²) in [5.41, 5.74) is 0.732. The second-order valence-electron chi connectivity index (χ2n) is 4.49. The Kier molecular flexibility index (Phi) is 4.02. The van der Waals surface area contributed by atoms with Crippen LogP contribution in [0.15, 0.2) is 29.1 Å². The molecule has 0 N–H and O–H groups in total. The van der Waals surface area contributed by atoms with Crippen molar-refractivity contribution in [2.24, 2.45) is 0 Å². The van der Waals surface area contributed by atoms with Gasteiger partial charge in [-0.15, -0.1) is 11.6 Å². The van der Waals surface area contributed by atoms with E-state index in [2.05, 4.69) is 11.9 Å². The number of rotatable bonds is 4. The quantitative estimate of drug-likeness (QED) is 0.793. The van der Waals surface area contributed by atoms with Gasteiger partial charge in [-0.3, -0.25) is 9.36 Å². The van der Waals surface area contributed by atoms with Gasteiger partial charge in [0.05, 0.1) is 16.8 Å². The normalized spacial score (nSPS) is 12.8. The van der Waals surface area contributed by atoms with Crippen LogP contribution in [-0.4, -0.2) is 9.55 Å². The number of nitrogens with zero attached hydrogens (tertiary/aromatic N) is 2. The fourth-order valence-corrected chi connectivity index (χ4v) is 2.48. The molecule has 1 atom stereocenters. The molecule has 4 heteroatoms. The van der Waals surface area contributed by atoms with Crippen LogP contribution in [0, 0.1) is 0 Å². The van der Waals surface area contributed by atoms with Gasteiger partial charge in [0.25, 0.3) is 5.56 Å². The van der Waals surface area contributed by atoms with Crippen molar-refractivity contribution in [1.82, 2.24) is 9.55 Å². The number of para-hydroxylation sites is 1. The maximum absolute atomic E-state index is 12.5. The summed E-state index contributed by atoms with van der Waals surface area (Å²) in [6.45, 7) is 4.15. The molecule has 0 spiro atoms. The predicted octanol–water partition coefficient (Wildman–Crippen LogP) is 3.50. The number of halogens is 1. The molecule has 3 nitrogen and oxygen atoms in total. The standard InChI is InChI=1S/C14H17ClN2O/c1-3-6-10(2)17-13(9-15)16-12-8-5-4-7-11(12)14(17)18/h4-5,7-8,10H,3,6,9H2,1-2H3. The van der Waals surface area contributed by atoms with E-state index in [1.165, 1.54) is 0 Å². The minimum atomic E-state index is 0.0113. The summed E-state index contributed by atoms with van der Waals surface area (Å²) in [6.07, 6.45) is 1.98. The van der Waals surface area contributed by atoms with Crippen LogP contribution in [0.5, 0.6) is 0 Å². The van der Waals surface area contributed by atoms with Gasteiger partial charge >= 0.3 is 0 Å². The number of aromatic nitrogens is 2. The summed E-state index contributed by atoms with van der Waals surface area (Å²) < 4.78 is 1.73. The van der Waals surface area contributed by atoms with Gasteiger partial charge in [0.15, 0.2) is 0 Å². The Morgan fingerprint density at radius 1 is 1.39 bits per heavy atom. The van der Waals surface area contributed by atoms with E-state index in [-0.39, 0.29) is 17.5 Å². The molecule has 0 aliphatic carbocycles. The molecular formula is C14H17ClN2O. The molecule has 0 aliphatic heterocycles. The van der Waals surface area contributed by atoms with Gasteiger partial charge in [0, 0.05) is 6.04 Å². The van der Waals surface area contributed by atoms with E-state index in [1.807, 2.05) is 31.2 Å². The highest BCUT2D eigenvalue weighted by Crippen LogP contribution is 2.16. The van der Waals surface area contributed by atoms with Crippen LogP contribution >= 0.6 is 11.6 Å². The van der Waals surface area contributed by atoms with Gasteiger partial charge in [-0.1, -0.05) is 25.5 Å². The summed E-state index contributed by atoms with van der Waals surface area (Å²) in [5, 5.41) is 0.661. The van der Waals surface area contributed by atoms with Crippen LogP contribution < -0.4 is 5.56 Å². The highest BCUT2D eigenvalue weighted by molar-refractivity contribution is 6.16. The molecule has 96 valence electrons. The second-order valence-corrected chi connectivity index (χ2v) is 4.76. The summed E-state index contributed by atoms with van der Waals surface area (Å²) >= 11 is 5.93. The molecule has 0 bridgehead atoms. The third-order valence-electron chi connectivity index (χ3n) is 3.15. The Morgan fingerprint density at radius 2 is 2.11 bits per heavy atom. The third-order valence-corrected chi connectivity index (χ3v) is 3.39. The Morgan fingerprint density at radius 3 is 2.78 bits per heavy atom. The minimum Gasteiger partial charge on any atom is -0.292 e. The molecule has 1 unspecified atom stereocenters. The number of fused-ring (bicyclic) bond motifs is 1. The van der Waals surface area contributed by atoms with Crippen molar-refractivity contribution >= 4 is 22.5 Å². The van der Waals surface area contributed by atoms with Crippen LogP contribution in [0.2, 0.25) is 0 Å². The van der Waals surface area contributed by atoms with Crippen molar-refractivity contribution in [3.05, 3.63) is 40.4 Å². The zero-order chi connectivity index (χ0) is 13.1. The first-order valence-corrected chi connectivity index (χ1v) is 6.78. The SMILES string of the molecule is CCCC(C)n1c(CCl)nc2ccccc2c1=O. The molecule has 2 aromatic rings. The molecule has 2 rings (SSSR count). The summed E-state index contributed by atoms with van der Waals surface area (Å²) in [7, 11) is 0. The molecule has 18 heavy (non-hydrogen) atoms. The van der Waals surface area contributed by atoms with Gasteiger partial charge in [-0.05, 0) is 25.5 Å². The lowest BCUT2D eigenvalue weighted by Crippen LogP contribution is -2.27. The van der Waals surface area contributed by atoms with E-state index in [9.17, 15) is 4.79 Å². The molecule has 1 heterocycles. The van der Waals surface area contributed by atoms with E-state index < -0.39 is 0 Å². The minimum absolute atomic E-state index is 0.0113. The smallest absolute Gasteiger partial charge is 0.261 e. The largest absolute Gasteiger partial charge is 0.292 e. The maximum Gasteiger partial charge on any atom is 0.261 e. The lowest BCUT2D eigenvalue weighted by Gasteiger charge is -2.18. The number of hydrogen-bond acceptors (Lipinski definition) is 2. The van der Waals surface area contributed by atoms with Gasteiger partial charge in [-0.25, -0.2) is 4.98 Å². The van der Waals surface area contributed by atoms with E-state index >= 15 is 0 Å². The molecule has 0 radical (unpaired) electrons. The number of benzene rings is 1. The molecule has 1 aromatic carbocycles. The van der Waals surface area contributed by atoms with E-state index in [4.69, 9.17) is 11.6 Å². The monoisotopic (exact) mass is 264 g/mol. The average molecular weight is 265 g/mol. The summed E-state index contributed by atoms with van der Waals surface area (Å²) in [5.74, 6) is 0.912. The third kappa shape index (κ3) is 2.27. The van der Waals surface area contributed by atoms with Crippen LogP contribution in [0.25, 0.3) is 10.9 Å². The van der Waals surface area contributed by atoms with Gasteiger partial charge in [0.2, 0.25) is 0 Å².